The van der Waals surface area contributed by atoms with Crippen LogP contribution in [-0.2, 0) is 10.0 Å². The Kier molecular flexibility index (Phi) is 3.51. The molecule has 2 rings (SSSR count). The van der Waals surface area contributed by atoms with Crippen molar-refractivity contribution in [1.82, 2.24) is 4.31 Å². The number of rotatable bonds is 2. The molecule has 0 aliphatic carbocycles. The lowest BCUT2D eigenvalue weighted by atomic mass is 10.3. The van der Waals surface area contributed by atoms with E-state index in [1.807, 2.05) is 0 Å². The van der Waals surface area contributed by atoms with Crippen molar-refractivity contribution in [2.24, 2.45) is 0 Å². The van der Waals surface area contributed by atoms with Gasteiger partial charge < -0.3 is 0 Å². The molecule has 1 aromatic rings. The van der Waals surface area contributed by atoms with Gasteiger partial charge in [0.15, 0.2) is 0 Å². The fraction of sp³-hybridized carbons (Fsp3) is 0.400. The molecule has 94 valence electrons. The van der Waals surface area contributed by atoms with Crippen molar-refractivity contribution in [3.63, 3.8) is 0 Å². The highest BCUT2D eigenvalue weighted by Crippen LogP contribution is 2.30. The lowest BCUT2D eigenvalue weighted by Gasteiger charge is -2.17. The maximum absolute atomic E-state index is 13.6. The van der Waals surface area contributed by atoms with E-state index in [4.69, 9.17) is 0 Å². The van der Waals surface area contributed by atoms with Crippen molar-refractivity contribution in [3.8, 4) is 0 Å². The molecular weight excluding hydrogens is 316 g/mol. The molecule has 0 unspecified atom stereocenters. The Morgan fingerprint density at radius 3 is 2.29 bits per heavy atom. The Balaban J connectivity index is 2.53. The zero-order chi connectivity index (χ0) is 12.6. The molecule has 0 bridgehead atoms. The Labute approximate surface area is 107 Å². The summed E-state index contributed by atoms with van der Waals surface area (Å²) in [6.07, 6.45) is 1.53. The minimum atomic E-state index is -3.87. The van der Waals surface area contributed by atoms with Gasteiger partial charge in [0.2, 0.25) is 10.0 Å². The zero-order valence-electron chi connectivity index (χ0n) is 8.79. The highest BCUT2D eigenvalue weighted by Gasteiger charge is 2.31. The SMILES string of the molecule is O=S(=O)(c1c(F)cc(F)cc1Br)N1CCCC1. The molecule has 0 saturated carbocycles. The molecule has 0 amide bonds. The van der Waals surface area contributed by atoms with Crippen LogP contribution in [0.2, 0.25) is 0 Å². The summed E-state index contributed by atoms with van der Waals surface area (Å²) in [5.41, 5.74) is 0. The van der Waals surface area contributed by atoms with Gasteiger partial charge in [-0.15, -0.1) is 0 Å². The lowest BCUT2D eigenvalue weighted by molar-refractivity contribution is 0.467. The van der Waals surface area contributed by atoms with E-state index in [2.05, 4.69) is 15.9 Å². The average molecular weight is 326 g/mol. The standard InChI is InChI=1S/C10H10BrF2NO2S/c11-8-5-7(12)6-9(13)10(8)17(15,16)14-3-1-2-4-14/h5-6H,1-4H2. The predicted octanol–water partition coefficient (Wildman–Crippen LogP) is 2.51. The lowest BCUT2D eigenvalue weighted by Crippen LogP contribution is -2.29. The first-order chi connectivity index (χ1) is 7.93. The van der Waals surface area contributed by atoms with Crippen molar-refractivity contribution in [1.29, 1.82) is 0 Å². The summed E-state index contributed by atoms with van der Waals surface area (Å²) in [5.74, 6) is -1.88. The fourth-order valence-corrected chi connectivity index (χ4v) is 4.46. The first-order valence-corrected chi connectivity index (χ1v) is 7.31. The van der Waals surface area contributed by atoms with Crippen LogP contribution in [0.1, 0.15) is 12.8 Å². The first kappa shape index (κ1) is 12.9. The Hall–Kier alpha value is -0.530. The van der Waals surface area contributed by atoms with Crippen LogP contribution in [-0.4, -0.2) is 25.8 Å². The van der Waals surface area contributed by atoms with E-state index < -0.39 is 26.6 Å². The van der Waals surface area contributed by atoms with Gasteiger partial charge in [0.25, 0.3) is 0 Å². The minimum absolute atomic E-state index is 0.0816. The molecule has 0 spiro atoms. The van der Waals surface area contributed by atoms with Gasteiger partial charge in [-0.25, -0.2) is 17.2 Å². The Morgan fingerprint density at radius 1 is 1.18 bits per heavy atom. The van der Waals surface area contributed by atoms with Gasteiger partial charge in [-0.2, -0.15) is 4.31 Å². The molecule has 0 atom stereocenters. The molecule has 1 aliphatic heterocycles. The molecule has 0 N–H and O–H groups in total. The molecule has 1 saturated heterocycles. The van der Waals surface area contributed by atoms with Crippen LogP contribution in [0.3, 0.4) is 0 Å². The molecule has 7 heteroatoms. The molecule has 0 radical (unpaired) electrons. The van der Waals surface area contributed by atoms with Crippen molar-refractivity contribution in [2.45, 2.75) is 17.7 Å². The van der Waals surface area contributed by atoms with Gasteiger partial charge in [-0.05, 0) is 34.8 Å². The highest BCUT2D eigenvalue weighted by molar-refractivity contribution is 9.10. The van der Waals surface area contributed by atoms with Gasteiger partial charge >= 0.3 is 0 Å². The normalized spacial score (nSPS) is 17.6. The van der Waals surface area contributed by atoms with Crippen LogP contribution in [0, 0.1) is 11.6 Å². The Morgan fingerprint density at radius 2 is 1.76 bits per heavy atom. The second kappa shape index (κ2) is 4.62. The quantitative estimate of drug-likeness (QED) is 0.837. The Bertz CT molecular complexity index is 518. The summed E-state index contributed by atoms with van der Waals surface area (Å²) in [7, 11) is -3.87. The van der Waals surface area contributed by atoms with Crippen LogP contribution < -0.4 is 0 Å². The van der Waals surface area contributed by atoms with Crippen molar-refractivity contribution < 1.29 is 17.2 Å². The second-order valence-corrected chi connectivity index (χ2v) is 6.54. The fourth-order valence-electron chi connectivity index (χ4n) is 1.83. The summed E-state index contributed by atoms with van der Waals surface area (Å²) in [6, 6.07) is 1.53. The number of benzene rings is 1. The molecule has 1 fully saturated rings. The van der Waals surface area contributed by atoms with E-state index in [1.165, 1.54) is 4.31 Å². The third-order valence-corrected chi connectivity index (χ3v) is 5.49. The highest BCUT2D eigenvalue weighted by atomic mass is 79.9. The summed E-state index contributed by atoms with van der Waals surface area (Å²) in [6.45, 7) is 0.761. The topological polar surface area (TPSA) is 37.4 Å². The van der Waals surface area contributed by atoms with E-state index in [9.17, 15) is 17.2 Å². The number of nitrogens with zero attached hydrogens (tertiary/aromatic N) is 1. The van der Waals surface area contributed by atoms with Gasteiger partial charge in [0.1, 0.15) is 16.5 Å². The van der Waals surface area contributed by atoms with Crippen LogP contribution in [0.15, 0.2) is 21.5 Å². The van der Waals surface area contributed by atoms with Gasteiger partial charge in [0.05, 0.1) is 0 Å². The first-order valence-electron chi connectivity index (χ1n) is 5.07. The van der Waals surface area contributed by atoms with Crippen LogP contribution in [0.4, 0.5) is 8.78 Å². The smallest absolute Gasteiger partial charge is 0.207 e. The maximum atomic E-state index is 13.6. The predicted molar refractivity (Wildman–Crippen MR) is 62.1 cm³/mol. The van der Waals surface area contributed by atoms with Crippen molar-refractivity contribution in [3.05, 3.63) is 28.2 Å². The number of halogens is 3. The largest absolute Gasteiger partial charge is 0.247 e. The van der Waals surface area contributed by atoms with E-state index >= 15 is 0 Å². The molecule has 1 heterocycles. The number of hydrogen-bond donors (Lipinski definition) is 0. The molecule has 1 aromatic carbocycles. The van der Waals surface area contributed by atoms with E-state index in [-0.39, 0.29) is 4.47 Å². The number of sulfonamides is 1. The molecule has 1 aliphatic rings. The molecule has 17 heavy (non-hydrogen) atoms. The summed E-state index contributed by atoms with van der Waals surface area (Å²) in [4.78, 5) is -0.485. The third-order valence-electron chi connectivity index (χ3n) is 2.63. The van der Waals surface area contributed by atoms with Gasteiger partial charge in [-0.3, -0.25) is 0 Å². The van der Waals surface area contributed by atoms with E-state index in [0.717, 1.165) is 18.9 Å². The summed E-state index contributed by atoms with van der Waals surface area (Å²) < 4.78 is 51.9. The van der Waals surface area contributed by atoms with Gasteiger partial charge in [0, 0.05) is 23.6 Å². The summed E-state index contributed by atoms with van der Waals surface area (Å²) in [5, 5.41) is 0. The molecule has 3 nitrogen and oxygen atoms in total. The monoisotopic (exact) mass is 325 g/mol. The van der Waals surface area contributed by atoms with Crippen LogP contribution in [0.25, 0.3) is 0 Å². The zero-order valence-corrected chi connectivity index (χ0v) is 11.2. The van der Waals surface area contributed by atoms with E-state index in [1.54, 1.807) is 0 Å². The van der Waals surface area contributed by atoms with Crippen LogP contribution in [0.5, 0.6) is 0 Å². The summed E-state index contributed by atoms with van der Waals surface area (Å²) >= 11 is 2.90. The van der Waals surface area contributed by atoms with Gasteiger partial charge in [-0.1, -0.05) is 0 Å². The van der Waals surface area contributed by atoms with Crippen LogP contribution >= 0.6 is 15.9 Å². The minimum Gasteiger partial charge on any atom is -0.207 e. The third kappa shape index (κ3) is 2.36. The van der Waals surface area contributed by atoms with Crippen molar-refractivity contribution in [2.75, 3.05) is 13.1 Å². The second-order valence-electron chi connectivity index (χ2n) is 3.81. The van der Waals surface area contributed by atoms with Crippen molar-refractivity contribution >= 4 is 26.0 Å². The molecule has 0 aromatic heterocycles. The average Bonchev–Trinajstić information content (AvgIpc) is 2.67. The molecular formula is C10H10BrF2NO2S. The number of hydrogen-bond acceptors (Lipinski definition) is 2. The van der Waals surface area contributed by atoms with E-state index in [0.29, 0.717) is 19.2 Å². The maximum Gasteiger partial charge on any atom is 0.247 e.